The van der Waals surface area contributed by atoms with Gasteiger partial charge in [-0.25, -0.2) is 9.78 Å². The molecule has 31 heavy (non-hydrogen) atoms. The molecule has 0 atom stereocenters. The van der Waals surface area contributed by atoms with E-state index in [9.17, 15) is 22.8 Å². The van der Waals surface area contributed by atoms with Crippen LogP contribution in [0.1, 0.15) is 12.8 Å². The molecule has 7 nitrogen and oxygen atoms in total. The lowest BCUT2D eigenvalue weighted by Crippen LogP contribution is -2.42. The molecule has 2 N–H and O–H groups in total. The molecular formula is C20H19F3N4O3S. The van der Waals surface area contributed by atoms with E-state index < -0.39 is 18.9 Å². The molecule has 1 aliphatic heterocycles. The summed E-state index contributed by atoms with van der Waals surface area (Å²) >= 11 is 1.31. The number of para-hydroxylation sites is 1. The molecule has 3 heterocycles. The van der Waals surface area contributed by atoms with E-state index in [1.165, 1.54) is 16.2 Å². The normalized spacial score (nSPS) is 15.3. The lowest BCUT2D eigenvalue weighted by atomic mass is 9.96. The van der Waals surface area contributed by atoms with Crippen molar-refractivity contribution >= 4 is 39.4 Å². The number of halogens is 3. The molecule has 3 aromatic rings. The number of anilines is 1. The SMILES string of the molecule is O=C(Nc1nc(-c2c[nH]c3ccccc23)cs1)C1CCN(C(=O)OCC(F)(F)F)CC1. The summed E-state index contributed by atoms with van der Waals surface area (Å²) in [6.07, 6.45) is -3.02. The average Bonchev–Trinajstić information content (AvgIpc) is 3.38. The van der Waals surface area contributed by atoms with Crippen molar-refractivity contribution in [1.29, 1.82) is 0 Å². The highest BCUT2D eigenvalue weighted by molar-refractivity contribution is 7.14. The Morgan fingerprint density at radius 1 is 1.26 bits per heavy atom. The number of fused-ring (bicyclic) bond motifs is 1. The van der Waals surface area contributed by atoms with E-state index in [0.717, 1.165) is 22.2 Å². The average molecular weight is 452 g/mol. The number of benzene rings is 1. The zero-order valence-corrected chi connectivity index (χ0v) is 17.1. The van der Waals surface area contributed by atoms with Crippen LogP contribution in [0.15, 0.2) is 35.8 Å². The van der Waals surface area contributed by atoms with Crippen LogP contribution in [0.2, 0.25) is 0 Å². The third-order valence-corrected chi connectivity index (χ3v) is 5.84. The fourth-order valence-corrected chi connectivity index (χ4v) is 4.22. The van der Waals surface area contributed by atoms with Crippen molar-refractivity contribution in [1.82, 2.24) is 14.9 Å². The first-order chi connectivity index (χ1) is 14.8. The smallest absolute Gasteiger partial charge is 0.422 e. The fraction of sp³-hybridized carbons (Fsp3) is 0.350. The van der Waals surface area contributed by atoms with Crippen LogP contribution in [0, 0.1) is 5.92 Å². The molecule has 0 bridgehead atoms. The molecule has 1 saturated heterocycles. The maximum Gasteiger partial charge on any atom is 0.422 e. The zero-order chi connectivity index (χ0) is 22.0. The molecule has 0 radical (unpaired) electrons. The Balaban J connectivity index is 1.31. The van der Waals surface area contributed by atoms with Crippen molar-refractivity contribution in [2.24, 2.45) is 5.92 Å². The second kappa shape index (κ2) is 8.58. The molecule has 2 aromatic heterocycles. The number of alkyl halides is 3. The number of hydrogen-bond donors (Lipinski definition) is 2. The number of piperidine rings is 1. The molecular weight excluding hydrogens is 433 g/mol. The molecule has 2 amide bonds. The van der Waals surface area contributed by atoms with Gasteiger partial charge in [0.2, 0.25) is 5.91 Å². The topological polar surface area (TPSA) is 87.3 Å². The predicted octanol–water partition coefficient (Wildman–Crippen LogP) is 4.64. The summed E-state index contributed by atoms with van der Waals surface area (Å²) in [5, 5.41) is 6.18. The maximum atomic E-state index is 12.6. The minimum absolute atomic E-state index is 0.160. The first-order valence-electron chi connectivity index (χ1n) is 9.61. The summed E-state index contributed by atoms with van der Waals surface area (Å²) in [6, 6.07) is 7.85. The summed E-state index contributed by atoms with van der Waals surface area (Å²) in [6.45, 7) is -1.30. The van der Waals surface area contributed by atoms with Gasteiger partial charge in [-0.1, -0.05) is 18.2 Å². The highest BCUT2D eigenvalue weighted by atomic mass is 32.1. The van der Waals surface area contributed by atoms with Crippen LogP contribution in [-0.4, -0.2) is 52.7 Å². The standard InChI is InChI=1S/C20H19F3N4O3S/c21-20(22,23)11-30-19(29)27-7-5-12(6-8-27)17(28)26-18-25-16(10-31-18)14-9-24-15-4-2-1-3-13(14)15/h1-4,9-10,12,24H,5-8,11H2,(H,25,26,28). The molecule has 1 aromatic carbocycles. The van der Waals surface area contributed by atoms with Crippen LogP contribution in [0.3, 0.4) is 0 Å². The largest absolute Gasteiger partial charge is 0.440 e. The number of H-pyrrole nitrogens is 1. The maximum absolute atomic E-state index is 12.6. The second-order valence-corrected chi connectivity index (χ2v) is 8.06. The van der Waals surface area contributed by atoms with Crippen LogP contribution in [0.5, 0.6) is 0 Å². The summed E-state index contributed by atoms with van der Waals surface area (Å²) in [5.74, 6) is -0.574. The van der Waals surface area contributed by atoms with Crippen LogP contribution >= 0.6 is 11.3 Å². The highest BCUT2D eigenvalue weighted by Gasteiger charge is 2.33. The number of rotatable bonds is 4. The second-order valence-electron chi connectivity index (χ2n) is 7.21. The minimum Gasteiger partial charge on any atom is -0.440 e. The van der Waals surface area contributed by atoms with Crippen molar-refractivity contribution in [2.75, 3.05) is 25.0 Å². The number of amides is 2. The van der Waals surface area contributed by atoms with Crippen LogP contribution in [0.4, 0.5) is 23.1 Å². The zero-order valence-electron chi connectivity index (χ0n) is 16.2. The Kier molecular flexibility index (Phi) is 5.86. The van der Waals surface area contributed by atoms with Gasteiger partial charge in [-0.15, -0.1) is 11.3 Å². The summed E-state index contributed by atoms with van der Waals surface area (Å²) in [7, 11) is 0. The molecule has 11 heteroatoms. The Morgan fingerprint density at radius 3 is 2.74 bits per heavy atom. The Morgan fingerprint density at radius 2 is 2.00 bits per heavy atom. The predicted molar refractivity (Wildman–Crippen MR) is 110 cm³/mol. The Bertz CT molecular complexity index is 1090. The van der Waals surface area contributed by atoms with Gasteiger partial charge in [-0.05, 0) is 18.9 Å². The Labute approximate surface area is 179 Å². The number of ether oxygens (including phenoxy) is 1. The van der Waals surface area contributed by atoms with Crippen LogP contribution < -0.4 is 5.32 Å². The van der Waals surface area contributed by atoms with E-state index in [1.54, 1.807) is 0 Å². The van der Waals surface area contributed by atoms with Gasteiger partial charge in [0.05, 0.1) is 5.69 Å². The van der Waals surface area contributed by atoms with Gasteiger partial charge in [0.1, 0.15) is 0 Å². The number of nitrogens with one attached hydrogen (secondary N) is 2. The van der Waals surface area contributed by atoms with Gasteiger partial charge in [0, 0.05) is 47.1 Å². The number of aromatic nitrogens is 2. The number of carbonyl (C=O) groups excluding carboxylic acids is 2. The number of hydrogen-bond acceptors (Lipinski definition) is 5. The van der Waals surface area contributed by atoms with Gasteiger partial charge in [0.25, 0.3) is 0 Å². The number of thiazole rings is 1. The van der Waals surface area contributed by atoms with Crippen LogP contribution in [0.25, 0.3) is 22.2 Å². The van der Waals surface area contributed by atoms with Crippen LogP contribution in [-0.2, 0) is 9.53 Å². The van der Waals surface area contributed by atoms with Gasteiger partial charge < -0.3 is 19.9 Å². The van der Waals surface area contributed by atoms with E-state index >= 15 is 0 Å². The molecule has 0 spiro atoms. The quantitative estimate of drug-likeness (QED) is 0.604. The van der Waals surface area contributed by atoms with E-state index in [2.05, 4.69) is 20.0 Å². The van der Waals surface area contributed by atoms with Crippen molar-refractivity contribution in [2.45, 2.75) is 19.0 Å². The first-order valence-corrected chi connectivity index (χ1v) is 10.5. The summed E-state index contributed by atoms with van der Waals surface area (Å²) in [5.41, 5.74) is 2.69. The van der Waals surface area contributed by atoms with Gasteiger partial charge in [0.15, 0.2) is 11.7 Å². The van der Waals surface area contributed by atoms with Crippen molar-refractivity contribution in [3.63, 3.8) is 0 Å². The van der Waals surface area contributed by atoms with E-state index in [4.69, 9.17) is 0 Å². The number of likely N-dealkylation sites (tertiary alicyclic amines) is 1. The molecule has 1 fully saturated rings. The van der Waals surface area contributed by atoms with Crippen molar-refractivity contribution < 1.29 is 27.5 Å². The summed E-state index contributed by atoms with van der Waals surface area (Å²) in [4.78, 5) is 33.2. The van der Waals surface area contributed by atoms with Gasteiger partial charge in [-0.2, -0.15) is 13.2 Å². The highest BCUT2D eigenvalue weighted by Crippen LogP contribution is 2.31. The van der Waals surface area contributed by atoms with E-state index in [1.807, 2.05) is 35.8 Å². The van der Waals surface area contributed by atoms with Gasteiger partial charge in [-0.3, -0.25) is 4.79 Å². The van der Waals surface area contributed by atoms with Crippen molar-refractivity contribution in [3.8, 4) is 11.3 Å². The molecule has 164 valence electrons. The molecule has 0 unspecified atom stereocenters. The lowest BCUT2D eigenvalue weighted by Gasteiger charge is -2.30. The number of nitrogens with zero attached hydrogens (tertiary/aromatic N) is 2. The minimum atomic E-state index is -4.56. The fourth-order valence-electron chi connectivity index (χ4n) is 3.50. The monoisotopic (exact) mass is 452 g/mol. The first kappa shape index (κ1) is 21.2. The molecule has 0 aliphatic carbocycles. The van der Waals surface area contributed by atoms with E-state index in [-0.39, 0.29) is 24.9 Å². The molecule has 4 rings (SSSR count). The van der Waals surface area contributed by atoms with Crippen molar-refractivity contribution in [3.05, 3.63) is 35.8 Å². The summed E-state index contributed by atoms with van der Waals surface area (Å²) < 4.78 is 40.8. The molecule has 1 aliphatic rings. The third-order valence-electron chi connectivity index (χ3n) is 5.08. The van der Waals surface area contributed by atoms with Gasteiger partial charge >= 0.3 is 12.3 Å². The number of aromatic amines is 1. The van der Waals surface area contributed by atoms with E-state index in [0.29, 0.717) is 18.0 Å². The molecule has 0 saturated carbocycles. The Hall–Kier alpha value is -3.08. The lowest BCUT2D eigenvalue weighted by molar-refractivity contribution is -0.162. The third kappa shape index (κ3) is 4.98. The number of carbonyl (C=O) groups is 2.